The van der Waals surface area contributed by atoms with Gasteiger partial charge in [-0.2, -0.15) is 11.8 Å². The molecule has 0 bridgehead atoms. The maximum Gasteiger partial charge on any atom is 0.161 e. The van der Waals surface area contributed by atoms with Crippen molar-refractivity contribution in [2.24, 2.45) is 0 Å². The van der Waals surface area contributed by atoms with Crippen LogP contribution in [0.1, 0.15) is 30.9 Å². The van der Waals surface area contributed by atoms with Crippen molar-refractivity contribution < 1.29 is 14.6 Å². The van der Waals surface area contributed by atoms with E-state index in [9.17, 15) is 5.11 Å². The van der Waals surface area contributed by atoms with E-state index in [1.54, 1.807) is 14.2 Å². The minimum absolute atomic E-state index is 0.303. The lowest BCUT2D eigenvalue weighted by atomic mass is 10.0. The molecule has 2 atom stereocenters. The van der Waals surface area contributed by atoms with E-state index in [1.807, 2.05) is 30.0 Å². The van der Waals surface area contributed by atoms with Crippen LogP contribution in [0.2, 0.25) is 0 Å². The molecule has 1 saturated heterocycles. The molecule has 0 aromatic heterocycles. The lowest BCUT2D eigenvalue weighted by Gasteiger charge is -2.26. The van der Waals surface area contributed by atoms with E-state index >= 15 is 0 Å². The van der Waals surface area contributed by atoms with Crippen molar-refractivity contribution in [2.45, 2.75) is 30.6 Å². The fourth-order valence-electron chi connectivity index (χ4n) is 2.27. The van der Waals surface area contributed by atoms with Gasteiger partial charge in [0, 0.05) is 5.25 Å². The van der Waals surface area contributed by atoms with Gasteiger partial charge in [0.2, 0.25) is 0 Å². The topological polar surface area (TPSA) is 38.7 Å². The smallest absolute Gasteiger partial charge is 0.161 e. The SMILES string of the molecule is COc1ccc(C(O)C2CCCCS2)cc1OC. The van der Waals surface area contributed by atoms with Crippen molar-refractivity contribution in [3.8, 4) is 11.5 Å². The van der Waals surface area contributed by atoms with Crippen molar-refractivity contribution in [1.82, 2.24) is 0 Å². The predicted octanol–water partition coefficient (Wildman–Crippen LogP) is 3.02. The van der Waals surface area contributed by atoms with Crippen molar-refractivity contribution in [1.29, 1.82) is 0 Å². The minimum Gasteiger partial charge on any atom is -0.493 e. The first-order chi connectivity index (χ1) is 8.76. The lowest BCUT2D eigenvalue weighted by molar-refractivity contribution is 0.168. The molecule has 2 unspecified atom stereocenters. The van der Waals surface area contributed by atoms with Gasteiger partial charge in [0.15, 0.2) is 11.5 Å². The number of aliphatic hydroxyl groups excluding tert-OH is 1. The summed E-state index contributed by atoms with van der Waals surface area (Å²) in [5, 5.41) is 10.7. The van der Waals surface area contributed by atoms with Crippen LogP contribution >= 0.6 is 11.8 Å². The van der Waals surface area contributed by atoms with Crippen LogP contribution in [0.25, 0.3) is 0 Å². The Morgan fingerprint density at radius 3 is 2.61 bits per heavy atom. The molecule has 1 aromatic rings. The maximum absolute atomic E-state index is 10.4. The molecule has 2 rings (SSSR count). The van der Waals surface area contributed by atoms with Crippen molar-refractivity contribution >= 4 is 11.8 Å². The molecule has 1 aliphatic heterocycles. The highest BCUT2D eigenvalue weighted by Crippen LogP contribution is 2.37. The second-order valence-electron chi connectivity index (χ2n) is 4.46. The van der Waals surface area contributed by atoms with Crippen LogP contribution in [-0.2, 0) is 0 Å². The van der Waals surface area contributed by atoms with Crippen LogP contribution in [0.15, 0.2) is 18.2 Å². The van der Waals surface area contributed by atoms with Gasteiger partial charge in [-0.25, -0.2) is 0 Å². The summed E-state index contributed by atoms with van der Waals surface area (Å²) in [5.41, 5.74) is 0.909. The quantitative estimate of drug-likeness (QED) is 0.911. The van der Waals surface area contributed by atoms with Crippen LogP contribution in [-0.4, -0.2) is 30.3 Å². The zero-order valence-electron chi connectivity index (χ0n) is 10.9. The average molecular weight is 268 g/mol. The Morgan fingerprint density at radius 2 is 2.00 bits per heavy atom. The summed E-state index contributed by atoms with van der Waals surface area (Å²) in [5.74, 6) is 2.52. The summed E-state index contributed by atoms with van der Waals surface area (Å²) in [4.78, 5) is 0. The molecular weight excluding hydrogens is 248 g/mol. The molecule has 0 saturated carbocycles. The molecule has 3 nitrogen and oxygen atoms in total. The molecule has 1 fully saturated rings. The van der Waals surface area contributed by atoms with Crippen LogP contribution in [0.3, 0.4) is 0 Å². The fourth-order valence-corrected chi connectivity index (χ4v) is 3.61. The van der Waals surface area contributed by atoms with Crippen LogP contribution in [0.5, 0.6) is 11.5 Å². The first kappa shape index (κ1) is 13.6. The highest BCUT2D eigenvalue weighted by atomic mass is 32.2. The molecule has 1 aliphatic rings. The first-order valence-corrected chi connectivity index (χ1v) is 7.32. The van der Waals surface area contributed by atoms with E-state index in [4.69, 9.17) is 9.47 Å². The highest BCUT2D eigenvalue weighted by molar-refractivity contribution is 7.99. The Kier molecular flexibility index (Phi) is 4.78. The molecule has 1 heterocycles. The Balaban J connectivity index is 2.16. The third-order valence-electron chi connectivity index (χ3n) is 3.32. The highest BCUT2D eigenvalue weighted by Gasteiger charge is 2.24. The van der Waals surface area contributed by atoms with Gasteiger partial charge in [-0.15, -0.1) is 0 Å². The normalized spacial score (nSPS) is 21.4. The number of rotatable bonds is 4. The molecular formula is C14H20O3S. The van der Waals surface area contributed by atoms with E-state index in [-0.39, 0.29) is 0 Å². The third-order valence-corrected chi connectivity index (χ3v) is 4.76. The Bertz CT molecular complexity index is 389. The van der Waals surface area contributed by atoms with Crippen molar-refractivity contribution in [3.63, 3.8) is 0 Å². The van der Waals surface area contributed by atoms with Gasteiger partial charge in [0.05, 0.1) is 20.3 Å². The largest absolute Gasteiger partial charge is 0.493 e. The van der Waals surface area contributed by atoms with Crippen molar-refractivity contribution in [2.75, 3.05) is 20.0 Å². The van der Waals surface area contributed by atoms with Gasteiger partial charge in [-0.05, 0) is 36.3 Å². The number of hydrogen-bond donors (Lipinski definition) is 1. The summed E-state index contributed by atoms with van der Waals surface area (Å²) >= 11 is 1.87. The van der Waals surface area contributed by atoms with E-state index in [0.29, 0.717) is 16.7 Å². The number of aliphatic hydroxyl groups is 1. The summed E-state index contributed by atoms with van der Waals surface area (Å²) in [6.07, 6.45) is 3.14. The maximum atomic E-state index is 10.4. The standard InChI is InChI=1S/C14H20O3S/c1-16-11-7-6-10(9-12(11)17-2)14(15)13-5-3-4-8-18-13/h6-7,9,13-15H,3-5,8H2,1-2H3. The fraction of sp³-hybridized carbons (Fsp3) is 0.571. The van der Waals surface area contributed by atoms with Crippen LogP contribution < -0.4 is 9.47 Å². The summed E-state index contributed by atoms with van der Waals surface area (Å²) in [6, 6.07) is 5.64. The summed E-state index contributed by atoms with van der Waals surface area (Å²) < 4.78 is 10.5. The molecule has 1 N–H and O–H groups in total. The Morgan fingerprint density at radius 1 is 1.22 bits per heavy atom. The monoisotopic (exact) mass is 268 g/mol. The first-order valence-electron chi connectivity index (χ1n) is 6.28. The van der Waals surface area contributed by atoms with Gasteiger partial charge >= 0.3 is 0 Å². The number of thioether (sulfide) groups is 1. The van der Waals surface area contributed by atoms with Gasteiger partial charge in [-0.3, -0.25) is 0 Å². The molecule has 0 aliphatic carbocycles. The number of hydrogen-bond acceptors (Lipinski definition) is 4. The van der Waals surface area contributed by atoms with E-state index in [0.717, 1.165) is 17.7 Å². The second kappa shape index (κ2) is 6.34. The van der Waals surface area contributed by atoms with Gasteiger partial charge in [-0.1, -0.05) is 12.5 Å². The zero-order chi connectivity index (χ0) is 13.0. The van der Waals surface area contributed by atoms with Crippen LogP contribution in [0, 0.1) is 0 Å². The second-order valence-corrected chi connectivity index (χ2v) is 5.81. The molecule has 0 radical (unpaired) electrons. The van der Waals surface area contributed by atoms with Gasteiger partial charge < -0.3 is 14.6 Å². The van der Waals surface area contributed by atoms with Crippen LogP contribution in [0.4, 0.5) is 0 Å². The Labute approximate surface area is 112 Å². The zero-order valence-corrected chi connectivity index (χ0v) is 11.7. The predicted molar refractivity (Wildman–Crippen MR) is 74.6 cm³/mol. The summed E-state index contributed by atoms with van der Waals surface area (Å²) in [7, 11) is 3.23. The third kappa shape index (κ3) is 2.93. The Hall–Kier alpha value is -0.870. The van der Waals surface area contributed by atoms with E-state index < -0.39 is 6.10 Å². The van der Waals surface area contributed by atoms with Gasteiger partial charge in [0.25, 0.3) is 0 Å². The molecule has 100 valence electrons. The molecule has 0 spiro atoms. The average Bonchev–Trinajstić information content (AvgIpc) is 2.46. The number of ether oxygens (including phenoxy) is 2. The molecule has 0 amide bonds. The van der Waals surface area contributed by atoms with E-state index in [1.165, 1.54) is 12.8 Å². The molecule has 1 aromatic carbocycles. The number of benzene rings is 1. The molecule has 18 heavy (non-hydrogen) atoms. The molecule has 4 heteroatoms. The minimum atomic E-state index is -0.421. The summed E-state index contributed by atoms with van der Waals surface area (Å²) in [6.45, 7) is 0. The van der Waals surface area contributed by atoms with Gasteiger partial charge in [0.1, 0.15) is 0 Å². The lowest BCUT2D eigenvalue weighted by Crippen LogP contribution is -2.19. The van der Waals surface area contributed by atoms with Crippen molar-refractivity contribution in [3.05, 3.63) is 23.8 Å². The number of methoxy groups -OCH3 is 2. The van der Waals surface area contributed by atoms with E-state index in [2.05, 4.69) is 0 Å².